The highest BCUT2D eigenvalue weighted by molar-refractivity contribution is 6.32. The Morgan fingerprint density at radius 3 is 2.04 bits per heavy atom. The van der Waals surface area contributed by atoms with Gasteiger partial charge in [0.2, 0.25) is 0 Å². The van der Waals surface area contributed by atoms with Crippen LogP contribution in [0.4, 0.5) is 5.69 Å². The molecule has 1 N–H and O–H groups in total. The highest BCUT2D eigenvalue weighted by atomic mass is 35.5. The highest BCUT2D eigenvalue weighted by Crippen LogP contribution is 2.26. The number of carbonyl (C=O) groups is 1. The van der Waals surface area contributed by atoms with Gasteiger partial charge in [0, 0.05) is 10.7 Å². The van der Waals surface area contributed by atoms with Crippen LogP contribution in [0.2, 0.25) is 5.02 Å². The number of carbonyl (C=O) groups excluding carboxylic acids is 1. The van der Waals surface area contributed by atoms with Gasteiger partial charge in [0.15, 0.2) is 6.10 Å². The maximum absolute atomic E-state index is 12.3. The van der Waals surface area contributed by atoms with Crippen molar-refractivity contribution in [2.24, 2.45) is 0 Å². The van der Waals surface area contributed by atoms with Crippen molar-refractivity contribution in [1.29, 1.82) is 0 Å². The molecule has 134 valence electrons. The van der Waals surface area contributed by atoms with E-state index in [0.29, 0.717) is 16.5 Å². The zero-order valence-electron chi connectivity index (χ0n) is 15.2. The monoisotopic (exact) mass is 361 g/mol. The molecule has 2 aromatic rings. The molecule has 0 aromatic heterocycles. The van der Waals surface area contributed by atoms with Crippen molar-refractivity contribution >= 4 is 23.2 Å². The molecule has 0 saturated carbocycles. The van der Waals surface area contributed by atoms with Crippen LogP contribution in [0.1, 0.15) is 31.9 Å². The first-order valence-electron chi connectivity index (χ1n) is 8.27. The van der Waals surface area contributed by atoms with Crippen LogP contribution in [0, 0.1) is 13.8 Å². The molecule has 1 atom stereocenters. The largest absolute Gasteiger partial charge is 0.491 e. The summed E-state index contributed by atoms with van der Waals surface area (Å²) in [7, 11) is 0. The van der Waals surface area contributed by atoms with Gasteiger partial charge in [-0.15, -0.1) is 0 Å². The third-order valence-electron chi connectivity index (χ3n) is 3.59. The summed E-state index contributed by atoms with van der Waals surface area (Å²) < 4.78 is 11.3. The second kappa shape index (κ2) is 8.26. The Morgan fingerprint density at radius 2 is 1.52 bits per heavy atom. The summed E-state index contributed by atoms with van der Waals surface area (Å²) in [4.78, 5) is 12.3. The lowest BCUT2D eigenvalue weighted by Gasteiger charge is -2.16. The molecule has 0 spiro atoms. The molecule has 0 aliphatic heterocycles. The molecule has 5 heteroatoms. The second-order valence-corrected chi connectivity index (χ2v) is 6.69. The first kappa shape index (κ1) is 19.1. The maximum Gasteiger partial charge on any atom is 0.265 e. The fraction of sp³-hybridized carbons (Fsp3) is 0.350. The van der Waals surface area contributed by atoms with E-state index in [1.54, 1.807) is 19.1 Å². The zero-order chi connectivity index (χ0) is 18.6. The number of benzene rings is 2. The van der Waals surface area contributed by atoms with E-state index in [4.69, 9.17) is 21.1 Å². The third kappa shape index (κ3) is 5.40. The van der Waals surface area contributed by atoms with Crippen LogP contribution in [-0.2, 0) is 4.79 Å². The van der Waals surface area contributed by atoms with Crippen molar-refractivity contribution in [2.45, 2.75) is 46.8 Å². The van der Waals surface area contributed by atoms with Gasteiger partial charge in [0.1, 0.15) is 11.5 Å². The Labute approximate surface area is 154 Å². The number of amides is 1. The van der Waals surface area contributed by atoms with Crippen LogP contribution in [0.3, 0.4) is 0 Å². The fourth-order valence-corrected chi connectivity index (χ4v) is 2.47. The average molecular weight is 362 g/mol. The number of anilines is 1. The number of aryl methyl sites for hydroxylation is 2. The minimum atomic E-state index is -0.633. The number of hydrogen-bond donors (Lipinski definition) is 1. The van der Waals surface area contributed by atoms with E-state index in [2.05, 4.69) is 5.32 Å². The summed E-state index contributed by atoms with van der Waals surface area (Å²) >= 11 is 6.16. The van der Waals surface area contributed by atoms with Crippen molar-refractivity contribution in [2.75, 3.05) is 5.32 Å². The molecule has 0 heterocycles. The van der Waals surface area contributed by atoms with E-state index in [1.165, 1.54) is 0 Å². The standard InChI is InChI=1S/C20H24ClNO3/c1-12(2)24-17-8-6-16(7-9-17)22-20(23)15(5)25-18-10-13(3)19(21)14(4)11-18/h6-12,15H,1-5H3,(H,22,23). The van der Waals surface area contributed by atoms with Gasteiger partial charge in [0.25, 0.3) is 5.91 Å². The molecule has 0 aliphatic carbocycles. The minimum Gasteiger partial charge on any atom is -0.491 e. The van der Waals surface area contributed by atoms with Crippen LogP contribution in [0.5, 0.6) is 11.5 Å². The molecule has 4 nitrogen and oxygen atoms in total. The van der Waals surface area contributed by atoms with Crippen LogP contribution in [0.15, 0.2) is 36.4 Å². The molecule has 0 fully saturated rings. The smallest absolute Gasteiger partial charge is 0.265 e. The molecule has 1 unspecified atom stereocenters. The molecule has 0 saturated heterocycles. The van der Waals surface area contributed by atoms with Gasteiger partial charge in [-0.25, -0.2) is 0 Å². The van der Waals surface area contributed by atoms with Gasteiger partial charge in [-0.05, 0) is 82.1 Å². The molecule has 2 aromatic carbocycles. The molecule has 2 rings (SSSR count). The Hall–Kier alpha value is -2.20. The van der Waals surface area contributed by atoms with Gasteiger partial charge in [-0.3, -0.25) is 4.79 Å². The summed E-state index contributed by atoms with van der Waals surface area (Å²) in [6.45, 7) is 9.47. The Kier molecular flexibility index (Phi) is 6.32. The summed E-state index contributed by atoms with van der Waals surface area (Å²) in [5, 5.41) is 3.55. The quantitative estimate of drug-likeness (QED) is 0.773. The molecule has 25 heavy (non-hydrogen) atoms. The van der Waals surface area contributed by atoms with Crippen molar-refractivity contribution < 1.29 is 14.3 Å². The lowest BCUT2D eigenvalue weighted by molar-refractivity contribution is -0.122. The highest BCUT2D eigenvalue weighted by Gasteiger charge is 2.16. The summed E-state index contributed by atoms with van der Waals surface area (Å²) in [5.41, 5.74) is 2.54. The van der Waals surface area contributed by atoms with Crippen LogP contribution < -0.4 is 14.8 Å². The van der Waals surface area contributed by atoms with E-state index in [9.17, 15) is 4.79 Å². The average Bonchev–Trinajstić information content (AvgIpc) is 2.53. The van der Waals surface area contributed by atoms with Crippen LogP contribution in [0.25, 0.3) is 0 Å². The van der Waals surface area contributed by atoms with Gasteiger partial charge in [-0.1, -0.05) is 11.6 Å². The van der Waals surface area contributed by atoms with Crippen LogP contribution in [-0.4, -0.2) is 18.1 Å². The first-order chi connectivity index (χ1) is 11.8. The maximum atomic E-state index is 12.3. The number of nitrogens with one attached hydrogen (secondary N) is 1. The predicted molar refractivity (Wildman–Crippen MR) is 102 cm³/mol. The molecular weight excluding hydrogens is 338 g/mol. The summed E-state index contributed by atoms with van der Waals surface area (Å²) in [5.74, 6) is 1.18. The number of hydrogen-bond acceptors (Lipinski definition) is 3. The molecule has 0 radical (unpaired) electrons. The SMILES string of the molecule is Cc1cc(OC(C)C(=O)Nc2ccc(OC(C)C)cc2)cc(C)c1Cl. The van der Waals surface area contributed by atoms with Gasteiger partial charge >= 0.3 is 0 Å². The Balaban J connectivity index is 1.98. The minimum absolute atomic E-state index is 0.111. The summed E-state index contributed by atoms with van der Waals surface area (Å²) in [6, 6.07) is 10.9. The number of ether oxygens (including phenoxy) is 2. The second-order valence-electron chi connectivity index (χ2n) is 6.31. The lowest BCUT2D eigenvalue weighted by Crippen LogP contribution is -2.30. The Bertz CT molecular complexity index is 718. The molecule has 0 bridgehead atoms. The number of halogens is 1. The van der Waals surface area contributed by atoms with Crippen molar-refractivity contribution in [1.82, 2.24) is 0 Å². The van der Waals surface area contributed by atoms with E-state index in [1.807, 2.05) is 52.0 Å². The van der Waals surface area contributed by atoms with E-state index < -0.39 is 6.10 Å². The van der Waals surface area contributed by atoms with E-state index in [0.717, 1.165) is 16.9 Å². The van der Waals surface area contributed by atoms with Gasteiger partial charge < -0.3 is 14.8 Å². The molecular formula is C20H24ClNO3. The number of rotatable bonds is 6. The third-order valence-corrected chi connectivity index (χ3v) is 4.18. The topological polar surface area (TPSA) is 47.6 Å². The van der Waals surface area contributed by atoms with E-state index in [-0.39, 0.29) is 12.0 Å². The fourth-order valence-electron chi connectivity index (χ4n) is 2.36. The molecule has 1 amide bonds. The van der Waals surface area contributed by atoms with Crippen molar-refractivity contribution in [3.05, 3.63) is 52.5 Å². The Morgan fingerprint density at radius 1 is 0.960 bits per heavy atom. The normalized spacial score (nSPS) is 12.0. The van der Waals surface area contributed by atoms with Gasteiger partial charge in [0.05, 0.1) is 6.10 Å². The lowest BCUT2D eigenvalue weighted by atomic mass is 10.1. The van der Waals surface area contributed by atoms with Gasteiger partial charge in [-0.2, -0.15) is 0 Å². The summed E-state index contributed by atoms with van der Waals surface area (Å²) in [6.07, 6.45) is -0.522. The van der Waals surface area contributed by atoms with E-state index >= 15 is 0 Å². The first-order valence-corrected chi connectivity index (χ1v) is 8.65. The van der Waals surface area contributed by atoms with Crippen LogP contribution >= 0.6 is 11.6 Å². The zero-order valence-corrected chi connectivity index (χ0v) is 16.0. The van der Waals surface area contributed by atoms with Crippen molar-refractivity contribution in [3.63, 3.8) is 0 Å². The molecule has 0 aliphatic rings. The predicted octanol–water partition coefficient (Wildman–Crippen LogP) is 5.15. The van der Waals surface area contributed by atoms with Crippen molar-refractivity contribution in [3.8, 4) is 11.5 Å².